The Balaban J connectivity index is 1.76. The smallest absolute Gasteiger partial charge is 0.257 e. The maximum Gasteiger partial charge on any atom is 0.257 e. The van der Waals surface area contributed by atoms with Crippen LogP contribution in [0.2, 0.25) is 0 Å². The molecular formula is C20H12F2N4O2. The number of nitrogens with one attached hydrogen (secondary N) is 2. The zero-order chi connectivity index (χ0) is 20.1. The number of anilines is 2. The van der Waals surface area contributed by atoms with E-state index in [1.165, 1.54) is 24.5 Å². The van der Waals surface area contributed by atoms with E-state index in [2.05, 4.69) is 15.6 Å². The van der Waals surface area contributed by atoms with Crippen molar-refractivity contribution in [2.45, 2.75) is 0 Å². The van der Waals surface area contributed by atoms with Crippen LogP contribution in [0.4, 0.5) is 20.2 Å². The number of rotatable bonds is 4. The lowest BCUT2D eigenvalue weighted by Gasteiger charge is -2.09. The SMILES string of the molecule is N#Cc1ccc(NC(=O)c2cncc(C(=O)Nc3c(F)cccc3F)c2)cc1. The summed E-state index contributed by atoms with van der Waals surface area (Å²) in [6.07, 6.45) is 2.42. The Morgan fingerprint density at radius 2 is 1.46 bits per heavy atom. The lowest BCUT2D eigenvalue weighted by molar-refractivity contribution is 0.102. The molecule has 3 aromatic rings. The molecule has 138 valence electrons. The normalized spacial score (nSPS) is 10.0. The van der Waals surface area contributed by atoms with E-state index in [0.29, 0.717) is 11.3 Å². The zero-order valence-corrected chi connectivity index (χ0v) is 14.2. The number of nitrogens with zero attached hydrogens (tertiary/aromatic N) is 2. The summed E-state index contributed by atoms with van der Waals surface area (Å²) in [7, 11) is 0. The summed E-state index contributed by atoms with van der Waals surface area (Å²) >= 11 is 0. The van der Waals surface area contributed by atoms with Crippen LogP contribution in [-0.4, -0.2) is 16.8 Å². The summed E-state index contributed by atoms with van der Waals surface area (Å²) in [5.41, 5.74) is 0.340. The van der Waals surface area contributed by atoms with Gasteiger partial charge in [-0.2, -0.15) is 5.26 Å². The summed E-state index contributed by atoms with van der Waals surface area (Å²) in [4.78, 5) is 28.4. The quantitative estimate of drug-likeness (QED) is 0.723. The highest BCUT2D eigenvalue weighted by atomic mass is 19.1. The van der Waals surface area contributed by atoms with Gasteiger partial charge < -0.3 is 10.6 Å². The average Bonchev–Trinajstić information content (AvgIpc) is 2.71. The molecule has 0 saturated heterocycles. The molecule has 28 heavy (non-hydrogen) atoms. The molecular weight excluding hydrogens is 366 g/mol. The Labute approximate surface area is 158 Å². The lowest BCUT2D eigenvalue weighted by Crippen LogP contribution is -2.17. The van der Waals surface area contributed by atoms with Crippen molar-refractivity contribution in [3.8, 4) is 6.07 Å². The zero-order valence-electron chi connectivity index (χ0n) is 14.2. The number of hydrogen-bond acceptors (Lipinski definition) is 4. The molecule has 1 aromatic heterocycles. The molecule has 2 amide bonds. The molecule has 0 atom stereocenters. The highest BCUT2D eigenvalue weighted by Crippen LogP contribution is 2.19. The van der Waals surface area contributed by atoms with Gasteiger partial charge in [0.15, 0.2) is 0 Å². The van der Waals surface area contributed by atoms with Gasteiger partial charge in [0.2, 0.25) is 0 Å². The van der Waals surface area contributed by atoms with Crippen molar-refractivity contribution in [2.75, 3.05) is 10.6 Å². The molecule has 0 aliphatic heterocycles. The summed E-state index contributed by atoms with van der Waals surface area (Å²) in [6, 6.07) is 12.6. The second-order valence-corrected chi connectivity index (χ2v) is 5.66. The molecule has 3 rings (SSSR count). The third-order valence-corrected chi connectivity index (χ3v) is 3.74. The minimum atomic E-state index is -0.920. The van der Waals surface area contributed by atoms with Crippen LogP contribution in [0.25, 0.3) is 0 Å². The van der Waals surface area contributed by atoms with E-state index in [1.54, 1.807) is 24.3 Å². The van der Waals surface area contributed by atoms with Gasteiger partial charge in [-0.15, -0.1) is 0 Å². The fraction of sp³-hybridized carbons (Fsp3) is 0. The van der Waals surface area contributed by atoms with E-state index in [1.807, 2.05) is 6.07 Å². The third-order valence-electron chi connectivity index (χ3n) is 3.74. The predicted octanol–water partition coefficient (Wildman–Crippen LogP) is 3.74. The Hall–Kier alpha value is -4.12. The molecule has 0 radical (unpaired) electrons. The summed E-state index contributed by atoms with van der Waals surface area (Å²) < 4.78 is 27.4. The number of carbonyl (C=O) groups is 2. The molecule has 0 aliphatic carbocycles. The van der Waals surface area contributed by atoms with Crippen LogP contribution >= 0.6 is 0 Å². The molecule has 0 fully saturated rings. The molecule has 2 N–H and O–H groups in total. The van der Waals surface area contributed by atoms with Crippen molar-refractivity contribution in [2.24, 2.45) is 0 Å². The molecule has 8 heteroatoms. The number of amides is 2. The first-order chi connectivity index (χ1) is 13.5. The largest absolute Gasteiger partial charge is 0.322 e. The van der Waals surface area contributed by atoms with Gasteiger partial charge in [-0.3, -0.25) is 14.6 Å². The monoisotopic (exact) mass is 378 g/mol. The van der Waals surface area contributed by atoms with Crippen LogP contribution in [0.1, 0.15) is 26.3 Å². The van der Waals surface area contributed by atoms with Crippen LogP contribution in [-0.2, 0) is 0 Å². The highest BCUT2D eigenvalue weighted by Gasteiger charge is 2.15. The van der Waals surface area contributed by atoms with Crippen LogP contribution in [0, 0.1) is 23.0 Å². The van der Waals surface area contributed by atoms with Gasteiger partial charge in [0.25, 0.3) is 11.8 Å². The molecule has 1 heterocycles. The Kier molecular flexibility index (Phi) is 5.37. The van der Waals surface area contributed by atoms with E-state index >= 15 is 0 Å². The molecule has 0 saturated carbocycles. The number of benzene rings is 2. The van der Waals surface area contributed by atoms with Crippen LogP contribution in [0.5, 0.6) is 0 Å². The average molecular weight is 378 g/mol. The number of hydrogen-bond donors (Lipinski definition) is 2. The minimum absolute atomic E-state index is 0.0462. The number of nitriles is 1. The topological polar surface area (TPSA) is 94.9 Å². The lowest BCUT2D eigenvalue weighted by atomic mass is 10.1. The standard InChI is InChI=1S/C20H12F2N4O2/c21-16-2-1-3-17(22)18(16)26-20(28)14-8-13(10-24-11-14)19(27)25-15-6-4-12(9-23)5-7-15/h1-8,10-11H,(H,25,27)(H,26,28). The first-order valence-corrected chi connectivity index (χ1v) is 8.00. The van der Waals surface area contributed by atoms with E-state index in [-0.39, 0.29) is 11.1 Å². The third kappa shape index (κ3) is 4.16. The van der Waals surface area contributed by atoms with Crippen molar-refractivity contribution in [3.63, 3.8) is 0 Å². The molecule has 2 aromatic carbocycles. The number of pyridine rings is 1. The molecule has 6 nitrogen and oxygen atoms in total. The molecule has 0 aliphatic rings. The van der Waals surface area contributed by atoms with Crippen LogP contribution < -0.4 is 10.6 Å². The van der Waals surface area contributed by atoms with E-state index in [9.17, 15) is 18.4 Å². The van der Waals surface area contributed by atoms with Crippen LogP contribution in [0.15, 0.2) is 60.9 Å². The fourth-order valence-electron chi connectivity index (χ4n) is 2.32. The van der Waals surface area contributed by atoms with Crippen molar-refractivity contribution in [1.82, 2.24) is 4.98 Å². The van der Waals surface area contributed by atoms with Gasteiger partial charge in [-0.05, 0) is 42.5 Å². The first kappa shape index (κ1) is 18.7. The van der Waals surface area contributed by atoms with E-state index in [4.69, 9.17) is 5.26 Å². The summed E-state index contributed by atoms with van der Waals surface area (Å²) in [6.45, 7) is 0. The molecule has 0 bridgehead atoms. The molecule has 0 unspecified atom stereocenters. The Morgan fingerprint density at radius 1 is 0.893 bits per heavy atom. The van der Waals surface area contributed by atoms with Gasteiger partial charge >= 0.3 is 0 Å². The Morgan fingerprint density at radius 3 is 2.04 bits per heavy atom. The summed E-state index contributed by atoms with van der Waals surface area (Å²) in [5.74, 6) is -3.19. The second kappa shape index (κ2) is 8.05. The fourth-order valence-corrected chi connectivity index (χ4v) is 2.32. The van der Waals surface area contributed by atoms with Crippen molar-refractivity contribution >= 4 is 23.2 Å². The summed E-state index contributed by atoms with van der Waals surface area (Å²) in [5, 5.41) is 13.5. The van der Waals surface area contributed by atoms with E-state index in [0.717, 1.165) is 12.1 Å². The van der Waals surface area contributed by atoms with Crippen molar-refractivity contribution in [1.29, 1.82) is 5.26 Å². The first-order valence-electron chi connectivity index (χ1n) is 8.00. The maximum atomic E-state index is 13.7. The van der Waals surface area contributed by atoms with E-state index < -0.39 is 29.1 Å². The second-order valence-electron chi connectivity index (χ2n) is 5.66. The predicted molar refractivity (Wildman–Crippen MR) is 97.7 cm³/mol. The van der Waals surface area contributed by atoms with Gasteiger partial charge in [-0.25, -0.2) is 8.78 Å². The maximum absolute atomic E-state index is 13.7. The highest BCUT2D eigenvalue weighted by molar-refractivity contribution is 6.08. The van der Waals surface area contributed by atoms with Crippen molar-refractivity contribution < 1.29 is 18.4 Å². The van der Waals surface area contributed by atoms with Gasteiger partial charge in [-0.1, -0.05) is 6.07 Å². The number of para-hydroxylation sites is 1. The van der Waals surface area contributed by atoms with Gasteiger partial charge in [0.1, 0.15) is 17.3 Å². The number of halogens is 2. The molecule has 0 spiro atoms. The minimum Gasteiger partial charge on any atom is -0.322 e. The van der Waals surface area contributed by atoms with Crippen molar-refractivity contribution in [3.05, 3.63) is 89.2 Å². The van der Waals surface area contributed by atoms with Gasteiger partial charge in [0.05, 0.1) is 22.8 Å². The van der Waals surface area contributed by atoms with Crippen LogP contribution in [0.3, 0.4) is 0 Å². The number of aromatic nitrogens is 1. The van der Waals surface area contributed by atoms with Gasteiger partial charge in [0, 0.05) is 18.1 Å². The number of carbonyl (C=O) groups excluding carboxylic acids is 2. The Bertz CT molecular complexity index is 1070.